The molecule has 0 amide bonds. The number of fused-ring (bicyclic) bond motifs is 1. The van der Waals surface area contributed by atoms with E-state index in [-0.39, 0.29) is 18.0 Å². The number of benzene rings is 1. The summed E-state index contributed by atoms with van der Waals surface area (Å²) in [4.78, 5) is 29.4. The molecule has 43 heavy (non-hydrogen) atoms. The fourth-order valence-electron chi connectivity index (χ4n) is 6.74. The molecule has 10 nitrogen and oxygen atoms in total. The van der Waals surface area contributed by atoms with E-state index in [1.165, 1.54) is 50.5 Å². The molecule has 3 heterocycles. The van der Waals surface area contributed by atoms with Crippen molar-refractivity contribution in [3.8, 4) is 0 Å². The van der Waals surface area contributed by atoms with Crippen LogP contribution in [0.5, 0.6) is 0 Å². The molecule has 0 unspecified atom stereocenters. The second kappa shape index (κ2) is 12.3. The Morgan fingerprint density at radius 1 is 1.09 bits per heavy atom. The summed E-state index contributed by atoms with van der Waals surface area (Å²) in [7, 11) is 0. The summed E-state index contributed by atoms with van der Waals surface area (Å²) < 4.78 is 8.36. The maximum Gasteiger partial charge on any atom is 0.328 e. The number of ether oxygens (including phenoxy) is 1. The first-order valence-corrected chi connectivity index (χ1v) is 16.2. The van der Waals surface area contributed by atoms with Crippen LogP contribution in [-0.4, -0.2) is 61.9 Å². The lowest BCUT2D eigenvalue weighted by molar-refractivity contribution is -0.141. The summed E-state index contributed by atoms with van der Waals surface area (Å²) in [5, 5.41) is 16.6. The van der Waals surface area contributed by atoms with E-state index in [0.717, 1.165) is 36.3 Å². The van der Waals surface area contributed by atoms with Gasteiger partial charge in [0.15, 0.2) is 11.5 Å². The highest BCUT2D eigenvalue weighted by molar-refractivity contribution is 5.88. The molecule has 0 bridgehead atoms. The minimum absolute atomic E-state index is 0.0266. The first-order valence-electron chi connectivity index (χ1n) is 16.2. The van der Waals surface area contributed by atoms with Crippen molar-refractivity contribution in [2.75, 3.05) is 35.3 Å². The van der Waals surface area contributed by atoms with Crippen molar-refractivity contribution in [1.29, 1.82) is 0 Å². The SMILES string of the molecule is CC1CCC(Cn2c(N3CCOC[C@H]3c3ccccc3)nc3nc(NC(C)(C)C(=O)O)nc(N[C@H](C)C4CCC4)c32)CC1. The van der Waals surface area contributed by atoms with Crippen LogP contribution in [0.15, 0.2) is 30.3 Å². The predicted molar refractivity (Wildman–Crippen MR) is 170 cm³/mol. The molecule has 232 valence electrons. The summed E-state index contributed by atoms with van der Waals surface area (Å²) >= 11 is 0. The van der Waals surface area contributed by atoms with Crippen LogP contribution in [0.3, 0.4) is 0 Å². The Hall–Kier alpha value is -3.40. The van der Waals surface area contributed by atoms with Crippen molar-refractivity contribution >= 4 is 34.8 Å². The molecule has 2 aromatic heterocycles. The fourth-order valence-corrected chi connectivity index (χ4v) is 6.74. The van der Waals surface area contributed by atoms with Crippen LogP contribution in [0.4, 0.5) is 17.7 Å². The first-order chi connectivity index (χ1) is 20.7. The Kier molecular flexibility index (Phi) is 8.49. The lowest BCUT2D eigenvalue weighted by atomic mass is 9.80. The van der Waals surface area contributed by atoms with Gasteiger partial charge in [-0.1, -0.05) is 56.5 Å². The van der Waals surface area contributed by atoms with E-state index in [0.29, 0.717) is 30.7 Å². The second-order valence-corrected chi connectivity index (χ2v) is 13.6. The first kappa shape index (κ1) is 29.7. The smallest absolute Gasteiger partial charge is 0.328 e. The third-order valence-electron chi connectivity index (χ3n) is 9.91. The number of hydrogen-bond acceptors (Lipinski definition) is 8. The van der Waals surface area contributed by atoms with Gasteiger partial charge in [0.05, 0.1) is 19.3 Å². The maximum atomic E-state index is 12.0. The second-order valence-electron chi connectivity index (χ2n) is 13.6. The number of hydrogen-bond donors (Lipinski definition) is 3. The Morgan fingerprint density at radius 2 is 1.84 bits per heavy atom. The molecule has 3 fully saturated rings. The Morgan fingerprint density at radius 3 is 2.51 bits per heavy atom. The van der Waals surface area contributed by atoms with Gasteiger partial charge in [-0.25, -0.2) is 4.79 Å². The number of carboxylic acids is 1. The van der Waals surface area contributed by atoms with E-state index in [1.54, 1.807) is 13.8 Å². The van der Waals surface area contributed by atoms with E-state index >= 15 is 0 Å². The van der Waals surface area contributed by atoms with Crippen molar-refractivity contribution in [3.63, 3.8) is 0 Å². The van der Waals surface area contributed by atoms with Crippen LogP contribution in [0.25, 0.3) is 11.2 Å². The molecule has 0 spiro atoms. The maximum absolute atomic E-state index is 12.0. The quantitative estimate of drug-likeness (QED) is 0.258. The van der Waals surface area contributed by atoms with E-state index in [2.05, 4.69) is 58.2 Å². The number of nitrogens with zero attached hydrogens (tertiary/aromatic N) is 5. The minimum Gasteiger partial charge on any atom is -0.480 e. The highest BCUT2D eigenvalue weighted by Crippen LogP contribution is 2.38. The molecule has 2 atom stereocenters. The van der Waals surface area contributed by atoms with Crippen molar-refractivity contribution in [1.82, 2.24) is 19.5 Å². The zero-order valence-corrected chi connectivity index (χ0v) is 26.1. The number of nitrogens with one attached hydrogen (secondary N) is 2. The Labute approximate surface area is 254 Å². The van der Waals surface area contributed by atoms with Gasteiger partial charge in [-0.3, -0.25) is 0 Å². The van der Waals surface area contributed by atoms with Gasteiger partial charge in [-0.15, -0.1) is 0 Å². The van der Waals surface area contributed by atoms with E-state index in [4.69, 9.17) is 19.7 Å². The normalized spacial score (nSPS) is 24.0. The number of carbonyl (C=O) groups is 1. The number of morpholine rings is 1. The van der Waals surface area contributed by atoms with Crippen molar-refractivity contribution in [3.05, 3.63) is 35.9 Å². The van der Waals surface area contributed by atoms with E-state index < -0.39 is 11.5 Å². The average Bonchev–Trinajstić information content (AvgIpc) is 3.31. The largest absolute Gasteiger partial charge is 0.480 e. The van der Waals surface area contributed by atoms with Gasteiger partial charge in [-0.05, 0) is 69.8 Å². The number of aliphatic carboxylic acids is 1. The molecule has 3 aliphatic rings. The summed E-state index contributed by atoms with van der Waals surface area (Å²) in [5.74, 6) is 2.82. The zero-order valence-electron chi connectivity index (χ0n) is 26.1. The van der Waals surface area contributed by atoms with Gasteiger partial charge in [0, 0.05) is 19.1 Å². The third-order valence-corrected chi connectivity index (χ3v) is 9.91. The van der Waals surface area contributed by atoms with Crippen LogP contribution in [0.2, 0.25) is 0 Å². The molecule has 2 aliphatic carbocycles. The molecule has 0 radical (unpaired) electrons. The zero-order chi connectivity index (χ0) is 30.1. The van der Waals surface area contributed by atoms with Gasteiger partial charge >= 0.3 is 5.97 Å². The average molecular weight is 590 g/mol. The molecule has 1 saturated heterocycles. The van der Waals surface area contributed by atoms with Crippen LogP contribution < -0.4 is 15.5 Å². The molecule has 10 heteroatoms. The fraction of sp³-hybridized carbons (Fsp3) is 0.636. The number of imidazole rings is 1. The lowest BCUT2D eigenvalue weighted by Gasteiger charge is -2.37. The minimum atomic E-state index is -1.24. The summed E-state index contributed by atoms with van der Waals surface area (Å²) in [6.45, 7) is 10.6. The third kappa shape index (κ3) is 6.30. The Balaban J connectivity index is 1.48. The highest BCUT2D eigenvalue weighted by atomic mass is 16.5. The molecule has 3 N–H and O–H groups in total. The lowest BCUT2D eigenvalue weighted by Crippen LogP contribution is -2.41. The number of carboxylic acid groups (broad SMARTS) is 1. The number of anilines is 3. The van der Waals surface area contributed by atoms with E-state index in [1.807, 2.05) is 6.07 Å². The summed E-state index contributed by atoms with van der Waals surface area (Å²) in [6.07, 6.45) is 8.55. The monoisotopic (exact) mass is 589 g/mol. The van der Waals surface area contributed by atoms with Crippen molar-refractivity contribution in [2.24, 2.45) is 17.8 Å². The highest BCUT2D eigenvalue weighted by Gasteiger charge is 2.34. The van der Waals surface area contributed by atoms with Crippen LogP contribution in [0, 0.1) is 17.8 Å². The van der Waals surface area contributed by atoms with E-state index in [9.17, 15) is 9.90 Å². The van der Waals surface area contributed by atoms with Gasteiger partial charge < -0.3 is 29.9 Å². The van der Waals surface area contributed by atoms with Gasteiger partial charge in [0.2, 0.25) is 11.9 Å². The summed E-state index contributed by atoms with van der Waals surface area (Å²) in [6, 6.07) is 10.8. The molecular weight excluding hydrogens is 542 g/mol. The topological polar surface area (TPSA) is 117 Å². The van der Waals surface area contributed by atoms with Gasteiger partial charge in [0.1, 0.15) is 11.1 Å². The Bertz CT molecular complexity index is 1410. The summed E-state index contributed by atoms with van der Waals surface area (Å²) in [5.41, 5.74) is 1.44. The van der Waals surface area contributed by atoms with Crippen LogP contribution >= 0.6 is 0 Å². The molecule has 3 aromatic rings. The molecule has 1 aliphatic heterocycles. The van der Waals surface area contributed by atoms with Crippen LogP contribution in [-0.2, 0) is 16.1 Å². The van der Waals surface area contributed by atoms with Gasteiger partial charge in [-0.2, -0.15) is 15.0 Å². The molecule has 6 rings (SSSR count). The molecule has 2 saturated carbocycles. The molecular formula is C33H47N7O3. The van der Waals surface area contributed by atoms with Crippen LogP contribution in [0.1, 0.15) is 84.2 Å². The predicted octanol–water partition coefficient (Wildman–Crippen LogP) is 6.11. The van der Waals surface area contributed by atoms with Crippen molar-refractivity contribution < 1.29 is 14.6 Å². The number of aromatic nitrogens is 4. The van der Waals surface area contributed by atoms with Gasteiger partial charge in [0.25, 0.3) is 0 Å². The van der Waals surface area contributed by atoms with Crippen molar-refractivity contribution in [2.45, 2.75) is 96.8 Å². The number of rotatable bonds is 10. The molecule has 1 aromatic carbocycles. The standard InChI is InChI=1S/C33H47N7O3/c1-21-13-15-23(16-14-21)19-40-27-28(34-22(2)24-11-8-12-24)35-31(38-33(3,4)30(41)42)36-29(27)37-32(40)39-17-18-43-20-26(39)25-9-6-5-7-10-25/h5-7,9-10,21-24,26H,8,11-20H2,1-4H3,(H,41,42)(H2,34,35,36,38)/t21?,22-,23?,26+/m1/s1.